The van der Waals surface area contributed by atoms with Crippen LogP contribution in [0.25, 0.3) is 21.1 Å². The summed E-state index contributed by atoms with van der Waals surface area (Å²) in [4.78, 5) is 29.9. The highest BCUT2D eigenvalue weighted by Crippen LogP contribution is 2.35. The Kier molecular flexibility index (Phi) is 5.66. The smallest absolute Gasteiger partial charge is 0.358 e. The summed E-state index contributed by atoms with van der Waals surface area (Å²) in [5, 5.41) is 7.57. The van der Waals surface area contributed by atoms with E-state index in [4.69, 9.17) is 4.74 Å². The number of aromatic nitrogens is 3. The fraction of sp³-hybridized carbons (Fsp3) is 0.263. The van der Waals surface area contributed by atoms with Crippen LogP contribution in [0.5, 0.6) is 0 Å². The number of benzene rings is 1. The molecule has 0 saturated carbocycles. The lowest BCUT2D eigenvalue weighted by molar-refractivity contribution is 0.0521. The summed E-state index contributed by atoms with van der Waals surface area (Å²) in [5.41, 5.74) is 1.56. The van der Waals surface area contributed by atoms with E-state index in [-0.39, 0.29) is 24.4 Å². The van der Waals surface area contributed by atoms with E-state index >= 15 is 0 Å². The Morgan fingerprint density at radius 1 is 1.22 bits per heavy atom. The third kappa shape index (κ3) is 4.06. The minimum Gasteiger partial charge on any atom is -0.461 e. The van der Waals surface area contributed by atoms with E-state index < -0.39 is 5.97 Å². The average molecular weight is 384 g/mol. The quantitative estimate of drug-likeness (QED) is 0.676. The molecular weight excluding hydrogens is 364 g/mol. The SMILES string of the molecule is CCOC(=O)c1nc(-c2ccccc2)sc1-c1ccnn1C(=O)NC(C)C. The monoisotopic (exact) mass is 384 g/mol. The number of hydrogen-bond acceptors (Lipinski definition) is 6. The molecule has 0 atom stereocenters. The molecule has 0 aliphatic rings. The van der Waals surface area contributed by atoms with E-state index in [1.54, 1.807) is 13.0 Å². The first-order chi connectivity index (χ1) is 13.0. The van der Waals surface area contributed by atoms with Gasteiger partial charge in [0.25, 0.3) is 0 Å². The van der Waals surface area contributed by atoms with Gasteiger partial charge >= 0.3 is 12.0 Å². The standard InChI is InChI=1S/C19H20N4O3S/c1-4-26-18(24)15-16(27-17(22-15)13-8-6-5-7-9-13)14-10-11-20-23(14)19(25)21-12(2)3/h5-12H,4H2,1-3H3,(H,21,25). The van der Waals surface area contributed by atoms with Crippen molar-refractivity contribution in [3.05, 3.63) is 48.3 Å². The topological polar surface area (TPSA) is 86.1 Å². The molecule has 0 aliphatic heterocycles. The van der Waals surface area contributed by atoms with E-state index in [2.05, 4.69) is 15.4 Å². The van der Waals surface area contributed by atoms with Gasteiger partial charge in [0.05, 0.1) is 23.4 Å². The minimum atomic E-state index is -0.525. The Morgan fingerprint density at radius 3 is 2.63 bits per heavy atom. The van der Waals surface area contributed by atoms with Gasteiger partial charge in [-0.2, -0.15) is 9.78 Å². The molecule has 0 saturated heterocycles. The van der Waals surface area contributed by atoms with Crippen LogP contribution in [0.4, 0.5) is 4.79 Å². The predicted octanol–water partition coefficient (Wildman–Crippen LogP) is 3.82. The zero-order chi connectivity index (χ0) is 19.4. The molecule has 27 heavy (non-hydrogen) atoms. The van der Waals surface area contributed by atoms with Crippen molar-refractivity contribution in [2.75, 3.05) is 6.61 Å². The summed E-state index contributed by atoms with van der Waals surface area (Å²) < 4.78 is 6.40. The number of ether oxygens (including phenoxy) is 1. The van der Waals surface area contributed by atoms with Gasteiger partial charge in [-0.05, 0) is 26.8 Å². The van der Waals surface area contributed by atoms with Crippen molar-refractivity contribution in [1.29, 1.82) is 0 Å². The molecule has 0 aliphatic carbocycles. The predicted molar refractivity (Wildman–Crippen MR) is 104 cm³/mol. The van der Waals surface area contributed by atoms with Gasteiger partial charge in [0.2, 0.25) is 0 Å². The molecule has 140 valence electrons. The molecule has 3 rings (SSSR count). The van der Waals surface area contributed by atoms with E-state index in [0.29, 0.717) is 15.6 Å². The van der Waals surface area contributed by atoms with Crippen LogP contribution in [-0.4, -0.2) is 39.4 Å². The lowest BCUT2D eigenvalue weighted by Gasteiger charge is -2.10. The Labute approximate surface area is 161 Å². The van der Waals surface area contributed by atoms with Crippen LogP contribution in [0.15, 0.2) is 42.6 Å². The van der Waals surface area contributed by atoms with Gasteiger partial charge in [-0.25, -0.2) is 14.6 Å². The van der Waals surface area contributed by atoms with Crippen LogP contribution >= 0.6 is 11.3 Å². The first-order valence-corrected chi connectivity index (χ1v) is 9.41. The first-order valence-electron chi connectivity index (χ1n) is 8.60. The second-order valence-corrected chi connectivity index (χ2v) is 7.01. The number of thiazole rings is 1. The lowest BCUT2D eigenvalue weighted by atomic mass is 10.2. The molecule has 0 radical (unpaired) electrons. The number of nitrogens with one attached hydrogen (secondary N) is 1. The Bertz CT molecular complexity index is 947. The molecule has 0 spiro atoms. The third-order valence-electron chi connectivity index (χ3n) is 3.60. The van der Waals surface area contributed by atoms with Gasteiger partial charge in [0.1, 0.15) is 5.01 Å². The number of carbonyl (C=O) groups excluding carboxylic acids is 2. The van der Waals surface area contributed by atoms with E-state index in [0.717, 1.165) is 5.56 Å². The lowest BCUT2D eigenvalue weighted by Crippen LogP contribution is -2.35. The van der Waals surface area contributed by atoms with Gasteiger partial charge in [-0.15, -0.1) is 11.3 Å². The van der Waals surface area contributed by atoms with Crippen LogP contribution in [0.1, 0.15) is 31.3 Å². The second-order valence-electron chi connectivity index (χ2n) is 6.02. The number of amides is 1. The fourth-order valence-electron chi connectivity index (χ4n) is 2.48. The van der Waals surface area contributed by atoms with E-state index in [1.165, 1.54) is 22.2 Å². The van der Waals surface area contributed by atoms with Crippen molar-refractivity contribution in [3.8, 4) is 21.1 Å². The molecule has 0 fully saturated rings. The number of nitrogens with zero attached hydrogens (tertiary/aromatic N) is 3. The van der Waals surface area contributed by atoms with Crippen LogP contribution in [0.2, 0.25) is 0 Å². The van der Waals surface area contributed by atoms with Gasteiger partial charge < -0.3 is 10.1 Å². The molecule has 2 aromatic heterocycles. The zero-order valence-electron chi connectivity index (χ0n) is 15.3. The van der Waals surface area contributed by atoms with Crippen LogP contribution in [0, 0.1) is 0 Å². The molecule has 8 heteroatoms. The summed E-state index contributed by atoms with van der Waals surface area (Å²) in [6.45, 7) is 5.71. The van der Waals surface area contributed by atoms with E-state index in [9.17, 15) is 9.59 Å². The van der Waals surface area contributed by atoms with Gasteiger partial charge in [-0.3, -0.25) is 0 Å². The van der Waals surface area contributed by atoms with Crippen molar-refractivity contribution >= 4 is 23.3 Å². The molecule has 1 amide bonds. The normalized spacial score (nSPS) is 10.8. The van der Waals surface area contributed by atoms with Crippen LogP contribution < -0.4 is 5.32 Å². The second kappa shape index (κ2) is 8.13. The maximum Gasteiger partial charge on any atom is 0.358 e. The van der Waals surface area contributed by atoms with Crippen molar-refractivity contribution in [2.24, 2.45) is 0 Å². The number of hydrogen-bond donors (Lipinski definition) is 1. The van der Waals surface area contributed by atoms with E-state index in [1.807, 2.05) is 44.2 Å². The molecular formula is C19H20N4O3S. The Hall–Kier alpha value is -3.00. The molecule has 7 nitrogen and oxygen atoms in total. The van der Waals surface area contributed by atoms with Crippen molar-refractivity contribution in [3.63, 3.8) is 0 Å². The molecule has 1 N–H and O–H groups in total. The van der Waals surface area contributed by atoms with Crippen LogP contribution in [0.3, 0.4) is 0 Å². The van der Waals surface area contributed by atoms with Crippen molar-refractivity contribution in [2.45, 2.75) is 26.8 Å². The maximum absolute atomic E-state index is 12.5. The average Bonchev–Trinajstić information content (AvgIpc) is 3.29. The summed E-state index contributed by atoms with van der Waals surface area (Å²) in [5.74, 6) is -0.525. The number of esters is 1. The Balaban J connectivity index is 2.10. The molecule has 1 aromatic carbocycles. The summed E-state index contributed by atoms with van der Waals surface area (Å²) >= 11 is 1.32. The number of carbonyl (C=O) groups is 2. The Morgan fingerprint density at radius 2 is 1.96 bits per heavy atom. The highest BCUT2D eigenvalue weighted by atomic mass is 32.1. The number of rotatable bonds is 5. The molecule has 2 heterocycles. The summed E-state index contributed by atoms with van der Waals surface area (Å²) in [6, 6.07) is 10.8. The van der Waals surface area contributed by atoms with Crippen molar-refractivity contribution < 1.29 is 14.3 Å². The van der Waals surface area contributed by atoms with Crippen molar-refractivity contribution in [1.82, 2.24) is 20.1 Å². The highest BCUT2D eigenvalue weighted by molar-refractivity contribution is 7.18. The zero-order valence-corrected chi connectivity index (χ0v) is 16.1. The fourth-order valence-corrected chi connectivity index (χ4v) is 3.55. The highest BCUT2D eigenvalue weighted by Gasteiger charge is 2.25. The molecule has 3 aromatic rings. The summed E-state index contributed by atoms with van der Waals surface area (Å²) in [7, 11) is 0. The summed E-state index contributed by atoms with van der Waals surface area (Å²) in [6.07, 6.45) is 1.52. The minimum absolute atomic E-state index is 0.0413. The molecule has 0 bridgehead atoms. The van der Waals surface area contributed by atoms with Gasteiger partial charge in [0.15, 0.2) is 5.69 Å². The first kappa shape index (κ1) is 18.8. The van der Waals surface area contributed by atoms with Gasteiger partial charge in [0, 0.05) is 11.6 Å². The van der Waals surface area contributed by atoms with Gasteiger partial charge in [-0.1, -0.05) is 30.3 Å². The largest absolute Gasteiger partial charge is 0.461 e. The maximum atomic E-state index is 12.5. The van der Waals surface area contributed by atoms with Crippen LogP contribution in [-0.2, 0) is 4.74 Å². The third-order valence-corrected chi connectivity index (χ3v) is 4.72. The molecule has 0 unspecified atom stereocenters.